The maximum atomic E-state index is 6.09. The van der Waals surface area contributed by atoms with Crippen molar-refractivity contribution < 1.29 is 0 Å². The van der Waals surface area contributed by atoms with Crippen molar-refractivity contribution in [2.75, 3.05) is 11.9 Å². The second-order valence-corrected chi connectivity index (χ2v) is 4.38. The molecule has 1 heterocycles. The van der Waals surface area contributed by atoms with Crippen LogP contribution in [0.5, 0.6) is 0 Å². The summed E-state index contributed by atoms with van der Waals surface area (Å²) in [7, 11) is 0. The monoisotopic (exact) mass is 234 g/mol. The van der Waals surface area contributed by atoms with Crippen molar-refractivity contribution in [2.24, 2.45) is 0 Å². The normalized spacial score (nSPS) is 12.6. The standard InChI is InChI=1S/C13H15ClN2/c1-2-10(14)9-16-13-7-8-15-12-6-4-3-5-11(12)13/h3-8,10H,2,9H2,1H3,(H,15,16). The highest BCUT2D eigenvalue weighted by molar-refractivity contribution is 6.20. The number of rotatable bonds is 4. The SMILES string of the molecule is CCC(Cl)CNc1ccnc2ccccc12. The predicted molar refractivity (Wildman–Crippen MR) is 70.2 cm³/mol. The number of hydrogen-bond acceptors (Lipinski definition) is 2. The summed E-state index contributed by atoms with van der Waals surface area (Å²) in [5, 5.41) is 4.68. The van der Waals surface area contributed by atoms with E-state index in [2.05, 4.69) is 23.3 Å². The highest BCUT2D eigenvalue weighted by Crippen LogP contribution is 2.21. The van der Waals surface area contributed by atoms with E-state index in [0.717, 1.165) is 29.6 Å². The number of fused-ring (bicyclic) bond motifs is 1. The van der Waals surface area contributed by atoms with Gasteiger partial charge in [-0.2, -0.15) is 0 Å². The third-order valence-electron chi connectivity index (χ3n) is 2.61. The van der Waals surface area contributed by atoms with Gasteiger partial charge in [-0.3, -0.25) is 4.98 Å². The van der Waals surface area contributed by atoms with E-state index >= 15 is 0 Å². The van der Waals surface area contributed by atoms with Crippen molar-refractivity contribution in [3.63, 3.8) is 0 Å². The average Bonchev–Trinajstić information content (AvgIpc) is 2.35. The third kappa shape index (κ3) is 2.45. The Labute approximate surface area is 101 Å². The van der Waals surface area contributed by atoms with Crippen molar-refractivity contribution >= 4 is 28.2 Å². The summed E-state index contributed by atoms with van der Waals surface area (Å²) in [6.45, 7) is 2.87. The number of nitrogens with one attached hydrogen (secondary N) is 1. The number of anilines is 1. The Kier molecular flexibility index (Phi) is 3.62. The molecule has 2 aromatic rings. The summed E-state index contributed by atoms with van der Waals surface area (Å²) in [5.41, 5.74) is 2.11. The lowest BCUT2D eigenvalue weighted by atomic mass is 10.2. The predicted octanol–water partition coefficient (Wildman–Crippen LogP) is 3.66. The van der Waals surface area contributed by atoms with Crippen LogP contribution in [0.25, 0.3) is 10.9 Å². The maximum absolute atomic E-state index is 6.09. The van der Waals surface area contributed by atoms with Crippen LogP contribution in [0, 0.1) is 0 Å². The molecule has 84 valence electrons. The first kappa shape index (κ1) is 11.2. The molecule has 0 aliphatic carbocycles. The molecule has 1 N–H and O–H groups in total. The summed E-state index contributed by atoms with van der Waals surface area (Å²) in [6.07, 6.45) is 2.79. The zero-order valence-corrected chi connectivity index (χ0v) is 10.0. The molecule has 1 atom stereocenters. The second kappa shape index (κ2) is 5.17. The Balaban J connectivity index is 2.23. The van der Waals surface area contributed by atoms with Crippen molar-refractivity contribution in [2.45, 2.75) is 18.7 Å². The molecule has 0 amide bonds. The van der Waals surface area contributed by atoms with Gasteiger partial charge in [0, 0.05) is 23.8 Å². The summed E-state index contributed by atoms with van der Waals surface area (Å²) >= 11 is 6.09. The number of pyridine rings is 1. The van der Waals surface area contributed by atoms with Crippen LogP contribution in [0.4, 0.5) is 5.69 Å². The van der Waals surface area contributed by atoms with Crippen LogP contribution in [0.1, 0.15) is 13.3 Å². The number of halogens is 1. The number of nitrogens with zero attached hydrogens (tertiary/aromatic N) is 1. The van der Waals surface area contributed by atoms with Crippen LogP contribution < -0.4 is 5.32 Å². The fourth-order valence-corrected chi connectivity index (χ4v) is 1.69. The molecule has 0 spiro atoms. The molecular weight excluding hydrogens is 220 g/mol. The number of para-hydroxylation sites is 1. The molecule has 2 nitrogen and oxygen atoms in total. The quantitative estimate of drug-likeness (QED) is 0.817. The van der Waals surface area contributed by atoms with Crippen molar-refractivity contribution in [3.05, 3.63) is 36.5 Å². The minimum absolute atomic E-state index is 0.173. The lowest BCUT2D eigenvalue weighted by molar-refractivity contribution is 0.844. The lowest BCUT2D eigenvalue weighted by Crippen LogP contribution is -2.13. The van der Waals surface area contributed by atoms with E-state index in [4.69, 9.17) is 11.6 Å². The number of benzene rings is 1. The molecule has 1 aromatic carbocycles. The molecule has 0 aliphatic heterocycles. The van der Waals surface area contributed by atoms with Crippen LogP contribution in [-0.4, -0.2) is 16.9 Å². The van der Waals surface area contributed by atoms with Crippen LogP contribution in [0.3, 0.4) is 0 Å². The summed E-state index contributed by atoms with van der Waals surface area (Å²) in [6, 6.07) is 10.1. The number of alkyl halides is 1. The molecule has 0 fully saturated rings. The molecule has 0 radical (unpaired) electrons. The van der Waals surface area contributed by atoms with Crippen molar-refractivity contribution in [1.29, 1.82) is 0 Å². The highest BCUT2D eigenvalue weighted by atomic mass is 35.5. The lowest BCUT2D eigenvalue weighted by Gasteiger charge is -2.11. The van der Waals surface area contributed by atoms with Crippen LogP contribution in [-0.2, 0) is 0 Å². The molecular formula is C13H15ClN2. The van der Waals surface area contributed by atoms with Gasteiger partial charge < -0.3 is 5.32 Å². The third-order valence-corrected chi connectivity index (χ3v) is 3.07. The van der Waals surface area contributed by atoms with Crippen LogP contribution in [0.15, 0.2) is 36.5 Å². The van der Waals surface area contributed by atoms with Crippen molar-refractivity contribution in [3.8, 4) is 0 Å². The fourth-order valence-electron chi connectivity index (χ4n) is 1.62. The number of aromatic nitrogens is 1. The van der Waals surface area contributed by atoms with E-state index < -0.39 is 0 Å². The molecule has 16 heavy (non-hydrogen) atoms. The molecule has 0 aliphatic rings. The molecule has 0 saturated carbocycles. The van der Waals surface area contributed by atoms with Gasteiger partial charge in [0.2, 0.25) is 0 Å². The Morgan fingerprint density at radius 3 is 2.94 bits per heavy atom. The highest BCUT2D eigenvalue weighted by Gasteiger charge is 2.03. The first-order valence-corrected chi connectivity index (χ1v) is 5.96. The largest absolute Gasteiger partial charge is 0.383 e. The van der Waals surface area contributed by atoms with E-state index in [1.807, 2.05) is 30.5 Å². The maximum Gasteiger partial charge on any atom is 0.0722 e. The molecule has 1 aromatic heterocycles. The summed E-state index contributed by atoms with van der Waals surface area (Å²) in [4.78, 5) is 4.32. The van der Waals surface area contributed by atoms with Gasteiger partial charge in [0.05, 0.1) is 10.9 Å². The molecule has 0 bridgehead atoms. The number of hydrogen-bond donors (Lipinski definition) is 1. The van der Waals surface area contributed by atoms with E-state index in [9.17, 15) is 0 Å². The van der Waals surface area contributed by atoms with Gasteiger partial charge >= 0.3 is 0 Å². The minimum Gasteiger partial charge on any atom is -0.383 e. The van der Waals surface area contributed by atoms with E-state index in [1.54, 1.807) is 0 Å². The Morgan fingerprint density at radius 2 is 2.12 bits per heavy atom. The van der Waals surface area contributed by atoms with E-state index in [1.165, 1.54) is 0 Å². The molecule has 1 unspecified atom stereocenters. The first-order valence-electron chi connectivity index (χ1n) is 5.53. The van der Waals surface area contributed by atoms with Gasteiger partial charge in [-0.25, -0.2) is 0 Å². The van der Waals surface area contributed by atoms with Crippen LogP contribution in [0.2, 0.25) is 0 Å². The Bertz CT molecular complexity index is 465. The van der Waals surface area contributed by atoms with Gasteiger partial charge in [0.25, 0.3) is 0 Å². The Hall–Kier alpha value is -1.28. The zero-order valence-electron chi connectivity index (χ0n) is 9.28. The molecule has 2 rings (SSSR count). The summed E-state index contributed by atoms with van der Waals surface area (Å²) in [5.74, 6) is 0. The topological polar surface area (TPSA) is 24.9 Å². The average molecular weight is 235 g/mol. The van der Waals surface area contributed by atoms with Gasteiger partial charge in [-0.15, -0.1) is 11.6 Å². The van der Waals surface area contributed by atoms with E-state index in [-0.39, 0.29) is 5.38 Å². The minimum atomic E-state index is 0.173. The Morgan fingerprint density at radius 1 is 1.31 bits per heavy atom. The summed E-state index contributed by atoms with van der Waals surface area (Å²) < 4.78 is 0. The van der Waals surface area contributed by atoms with Crippen molar-refractivity contribution in [1.82, 2.24) is 4.98 Å². The van der Waals surface area contributed by atoms with Gasteiger partial charge in [0.15, 0.2) is 0 Å². The first-order chi connectivity index (χ1) is 7.81. The van der Waals surface area contributed by atoms with Gasteiger partial charge in [-0.1, -0.05) is 25.1 Å². The molecule has 0 saturated heterocycles. The second-order valence-electron chi connectivity index (χ2n) is 3.76. The fraction of sp³-hybridized carbons (Fsp3) is 0.308. The molecule has 3 heteroatoms. The van der Waals surface area contributed by atoms with Gasteiger partial charge in [-0.05, 0) is 18.6 Å². The van der Waals surface area contributed by atoms with Gasteiger partial charge in [0.1, 0.15) is 0 Å². The van der Waals surface area contributed by atoms with Crippen LogP contribution >= 0.6 is 11.6 Å². The smallest absolute Gasteiger partial charge is 0.0722 e. The zero-order chi connectivity index (χ0) is 11.4. The van der Waals surface area contributed by atoms with E-state index in [0.29, 0.717) is 0 Å².